The van der Waals surface area contributed by atoms with Gasteiger partial charge in [-0.3, -0.25) is 9.59 Å². The lowest BCUT2D eigenvalue weighted by Crippen LogP contribution is -2.40. The molecule has 0 radical (unpaired) electrons. The van der Waals surface area contributed by atoms with Crippen molar-refractivity contribution in [2.45, 2.75) is 95.9 Å². The molecule has 62 heavy (non-hydrogen) atoms. The number of Topliss-reactive ketones (excluding diaryl/α,β-unsaturated/α-hetero) is 1. The van der Waals surface area contributed by atoms with Crippen molar-refractivity contribution in [3.8, 4) is 29.1 Å². The van der Waals surface area contributed by atoms with Gasteiger partial charge in [-0.2, -0.15) is 0 Å². The summed E-state index contributed by atoms with van der Waals surface area (Å²) in [6.07, 6.45) is 9.73. The quantitative estimate of drug-likeness (QED) is 0.0179. The van der Waals surface area contributed by atoms with Crippen LogP contribution in [-0.4, -0.2) is 57.2 Å². The second-order valence-corrected chi connectivity index (χ2v) is 16.5. The number of carbonyl (C=O) groups is 2. The molecule has 4 atom stereocenters. The minimum atomic E-state index is -0.694. The van der Waals surface area contributed by atoms with Gasteiger partial charge in [-0.15, -0.1) is 0 Å². The van der Waals surface area contributed by atoms with Crippen LogP contribution < -0.4 is 21.5 Å². The maximum atomic E-state index is 13.7. The standard InChI is InChI=1S/C52H60N4O6/c1-34(47(56-33-35(2)57)29-36-11-6-4-7-12-36)10-5-3-8-14-41(58)20-16-37-18-23-49(60)51(30-37)62-27-25-38-17-22-48(59)45(28-38)44-32-50(61)43-24-26-55-46(43)15-9-13-39-31-40(52(53)54)19-21-42(39)44/h4,6-8,11-12,14,17-19,21-24,26,28,30-31,34-35,44,47,52,55-57,59-60H,3,5,10,15-16,20,25,27,29,32-33,53-54H2,1-2H3. The summed E-state index contributed by atoms with van der Waals surface area (Å²) >= 11 is 0. The van der Waals surface area contributed by atoms with E-state index in [0.29, 0.717) is 66.1 Å². The van der Waals surface area contributed by atoms with Crippen molar-refractivity contribution in [1.29, 1.82) is 0 Å². The number of phenolic OH excluding ortho intramolecular Hbond substituents is 2. The number of ether oxygens (including phenoxy) is 1. The molecule has 10 nitrogen and oxygen atoms in total. The number of nitrogens with one attached hydrogen (secondary N) is 2. The monoisotopic (exact) mass is 836 g/mol. The molecular weight excluding hydrogens is 777 g/mol. The van der Waals surface area contributed by atoms with Gasteiger partial charge in [0.2, 0.25) is 0 Å². The number of rotatable bonds is 20. The second kappa shape index (κ2) is 22.2. The summed E-state index contributed by atoms with van der Waals surface area (Å²) in [5.74, 6) is 6.73. The van der Waals surface area contributed by atoms with E-state index in [4.69, 9.17) is 16.2 Å². The van der Waals surface area contributed by atoms with Gasteiger partial charge < -0.3 is 41.8 Å². The van der Waals surface area contributed by atoms with Crippen LogP contribution in [0.4, 0.5) is 0 Å². The van der Waals surface area contributed by atoms with E-state index in [-0.39, 0.29) is 42.1 Å². The number of hydrogen-bond acceptors (Lipinski definition) is 9. The number of allylic oxidation sites excluding steroid dienone is 2. The number of fused-ring (bicyclic) bond motifs is 2. The van der Waals surface area contributed by atoms with Crippen molar-refractivity contribution in [1.82, 2.24) is 10.3 Å². The van der Waals surface area contributed by atoms with E-state index in [9.17, 15) is 24.9 Å². The van der Waals surface area contributed by atoms with Gasteiger partial charge in [0.25, 0.3) is 0 Å². The summed E-state index contributed by atoms with van der Waals surface area (Å²) in [4.78, 5) is 29.7. The number of phenols is 2. The van der Waals surface area contributed by atoms with E-state index in [1.807, 2.05) is 42.5 Å². The molecule has 0 spiro atoms. The zero-order chi connectivity index (χ0) is 44.0. The Kier molecular flexibility index (Phi) is 16.3. The number of unbranched alkanes of at least 4 members (excludes halogenated alkanes) is 1. The fourth-order valence-electron chi connectivity index (χ4n) is 8.05. The zero-order valence-electron chi connectivity index (χ0n) is 35.8. The maximum absolute atomic E-state index is 13.7. The van der Waals surface area contributed by atoms with E-state index < -0.39 is 18.2 Å². The number of ketones is 2. The maximum Gasteiger partial charge on any atom is 0.165 e. The largest absolute Gasteiger partial charge is 0.508 e. The molecule has 324 valence electrons. The van der Waals surface area contributed by atoms with Gasteiger partial charge in [-0.25, -0.2) is 0 Å². The number of aliphatic hydroxyl groups is 1. The van der Waals surface area contributed by atoms with Crippen LogP contribution in [0.2, 0.25) is 0 Å². The summed E-state index contributed by atoms with van der Waals surface area (Å²) in [5, 5.41) is 35.3. The summed E-state index contributed by atoms with van der Waals surface area (Å²) in [7, 11) is 0. The van der Waals surface area contributed by atoms with Crippen molar-refractivity contribution < 1.29 is 29.6 Å². The predicted molar refractivity (Wildman–Crippen MR) is 244 cm³/mol. The highest BCUT2D eigenvalue weighted by atomic mass is 16.5. The Morgan fingerprint density at radius 1 is 0.935 bits per heavy atom. The molecule has 5 aromatic rings. The summed E-state index contributed by atoms with van der Waals surface area (Å²) in [6, 6.07) is 28.5. The third kappa shape index (κ3) is 12.8. The molecular formula is C52H60N4O6. The molecule has 10 heteroatoms. The number of aromatic hydroxyl groups is 2. The molecule has 4 aromatic carbocycles. The summed E-state index contributed by atoms with van der Waals surface area (Å²) < 4.78 is 6.07. The number of aromatic amines is 1. The van der Waals surface area contributed by atoms with E-state index >= 15 is 0 Å². The van der Waals surface area contributed by atoms with Gasteiger partial charge in [0.1, 0.15) is 5.75 Å². The summed E-state index contributed by atoms with van der Waals surface area (Å²) in [6.45, 7) is 4.82. The highest BCUT2D eigenvalue weighted by Crippen LogP contribution is 2.38. The van der Waals surface area contributed by atoms with E-state index in [1.54, 1.807) is 49.5 Å². The molecule has 0 fully saturated rings. The predicted octanol–water partition coefficient (Wildman–Crippen LogP) is 7.72. The van der Waals surface area contributed by atoms with Crippen molar-refractivity contribution in [3.63, 3.8) is 0 Å². The number of H-pyrrole nitrogens is 1. The smallest absolute Gasteiger partial charge is 0.165 e. The highest BCUT2D eigenvalue weighted by Gasteiger charge is 2.27. The van der Waals surface area contributed by atoms with Crippen LogP contribution in [-0.2, 0) is 30.5 Å². The molecule has 6 rings (SSSR count). The van der Waals surface area contributed by atoms with E-state index in [0.717, 1.165) is 48.1 Å². The number of nitrogens with two attached hydrogens (primary N) is 2. The SMILES string of the molecule is CC(O)CNC(Cc1ccccc1)C(C)CCCC=CC(=O)CCc1ccc(O)c(OCCc2ccc(O)c(C3CC(=O)c4cc[nH]c4CC#Cc4cc(C(N)N)ccc43)c2)c1. The number of hydrogen-bond donors (Lipinski definition) is 7. The first-order chi connectivity index (χ1) is 29.9. The minimum absolute atomic E-state index is 0.00565. The van der Waals surface area contributed by atoms with Gasteiger partial charge in [-0.1, -0.05) is 85.5 Å². The first-order valence-electron chi connectivity index (χ1n) is 21.7. The number of carbonyl (C=O) groups excluding carboxylic acids is 2. The molecule has 0 amide bonds. The van der Waals surface area contributed by atoms with E-state index in [2.05, 4.69) is 53.3 Å². The van der Waals surface area contributed by atoms with Gasteiger partial charge in [0.15, 0.2) is 23.1 Å². The van der Waals surface area contributed by atoms with Gasteiger partial charge in [0.05, 0.1) is 25.3 Å². The third-order valence-corrected chi connectivity index (χ3v) is 11.6. The lowest BCUT2D eigenvalue weighted by Gasteiger charge is -2.26. The lowest BCUT2D eigenvalue weighted by molar-refractivity contribution is -0.114. The Labute approximate surface area is 365 Å². The number of aryl methyl sites for hydroxylation is 1. The van der Waals surface area contributed by atoms with Gasteiger partial charge >= 0.3 is 0 Å². The Morgan fingerprint density at radius 3 is 2.48 bits per heavy atom. The molecule has 0 bridgehead atoms. The molecule has 1 aliphatic rings. The van der Waals surface area contributed by atoms with Crippen LogP contribution in [0.5, 0.6) is 17.2 Å². The number of benzene rings is 4. The Balaban J connectivity index is 1.03. The van der Waals surface area contributed by atoms with Gasteiger partial charge in [-0.05, 0) is 109 Å². The molecule has 0 saturated carbocycles. The van der Waals surface area contributed by atoms with Crippen LogP contribution in [0, 0.1) is 17.8 Å². The van der Waals surface area contributed by atoms with Crippen LogP contribution in [0.3, 0.4) is 0 Å². The number of aromatic nitrogens is 1. The molecule has 0 saturated heterocycles. The Morgan fingerprint density at radius 2 is 1.71 bits per heavy atom. The molecule has 0 aliphatic heterocycles. The average molecular weight is 837 g/mol. The Hall–Kier alpha value is -5.96. The first kappa shape index (κ1) is 45.6. The molecule has 1 aromatic heterocycles. The first-order valence-corrected chi connectivity index (χ1v) is 21.7. The fourth-order valence-corrected chi connectivity index (χ4v) is 8.05. The molecule has 4 unspecified atom stereocenters. The van der Waals surface area contributed by atoms with Crippen LogP contribution in [0.1, 0.15) is 113 Å². The zero-order valence-corrected chi connectivity index (χ0v) is 35.8. The fraction of sp³-hybridized carbons (Fsp3) is 0.346. The third-order valence-electron chi connectivity index (χ3n) is 11.6. The van der Waals surface area contributed by atoms with Gasteiger partial charge in [0, 0.05) is 66.3 Å². The van der Waals surface area contributed by atoms with E-state index in [1.165, 1.54) is 5.56 Å². The number of aliphatic hydroxyl groups excluding tert-OH is 1. The van der Waals surface area contributed by atoms with Crippen LogP contribution >= 0.6 is 0 Å². The lowest BCUT2D eigenvalue weighted by atomic mass is 9.81. The molecule has 1 heterocycles. The molecule has 1 aliphatic carbocycles. The van der Waals surface area contributed by atoms with Crippen molar-refractivity contribution >= 4 is 11.6 Å². The normalized spacial score (nSPS) is 15.3. The van der Waals surface area contributed by atoms with Crippen molar-refractivity contribution in [2.24, 2.45) is 17.4 Å². The Bertz CT molecular complexity index is 2370. The van der Waals surface area contributed by atoms with Crippen molar-refractivity contribution in [2.75, 3.05) is 13.2 Å². The van der Waals surface area contributed by atoms with Crippen LogP contribution in [0.15, 0.2) is 109 Å². The second-order valence-electron chi connectivity index (χ2n) is 16.5. The summed E-state index contributed by atoms with van der Waals surface area (Å²) in [5.41, 5.74) is 19.2. The highest BCUT2D eigenvalue weighted by molar-refractivity contribution is 5.98. The average Bonchev–Trinajstić information content (AvgIpc) is 3.74. The van der Waals surface area contributed by atoms with Crippen molar-refractivity contribution in [3.05, 3.63) is 160 Å². The van der Waals surface area contributed by atoms with Crippen LogP contribution in [0.25, 0.3) is 0 Å². The molecule has 9 N–H and O–H groups in total. The topological polar surface area (TPSA) is 184 Å². The minimum Gasteiger partial charge on any atom is -0.508 e.